The third-order valence-corrected chi connectivity index (χ3v) is 14.5. The van der Waals surface area contributed by atoms with Crippen LogP contribution >= 0.6 is 30.1 Å². The first kappa shape index (κ1) is 86.1. The lowest BCUT2D eigenvalue weighted by Gasteiger charge is -2.20. The lowest BCUT2D eigenvalue weighted by molar-refractivity contribution is -0.141. The monoisotopic (exact) mass is 1330 g/mol. The molecule has 12 rings (SSSR count). The molecule has 1 N–H and O–H groups in total. The smallest absolute Gasteiger partial charge is 0.411 e. The van der Waals surface area contributed by atoms with E-state index in [4.69, 9.17) is 35.4 Å². The summed E-state index contributed by atoms with van der Waals surface area (Å²) in [6, 6.07) is 69.8. The number of hydrogen-bond donors (Lipinski definition) is 1. The fourth-order valence-corrected chi connectivity index (χ4v) is 10.8. The second kappa shape index (κ2) is 43.2. The SMILES string of the molecule is CC.CC.CC.CC.CC(=O)ON=C(C)C.CC(C)=NO.CC(C)=O.CC(C)=O.CC1(C)c2ccccc2-c2ccccc21.CC1(C)c2ccccc2-c2ccccc21.CC1(C)c2ccccc2-c2ccccc21.CC1(C)c2ccccc2-c2ccccc21.[Cl][Al]([Cl])[Cl]. The highest BCUT2D eigenvalue weighted by molar-refractivity contribution is 7.54. The number of oxime groups is 2. The van der Waals surface area contributed by atoms with Crippen molar-refractivity contribution in [3.05, 3.63) is 239 Å². The minimum atomic E-state index is -1.72. The van der Waals surface area contributed by atoms with E-state index in [0.717, 1.165) is 5.71 Å². The van der Waals surface area contributed by atoms with Crippen molar-refractivity contribution in [2.75, 3.05) is 0 Å². The zero-order valence-electron chi connectivity index (χ0n) is 60.7. The molecule has 93 heavy (non-hydrogen) atoms. The molecule has 0 spiro atoms. The largest absolute Gasteiger partial charge is 0.643 e. The summed E-state index contributed by atoms with van der Waals surface area (Å²) in [4.78, 5) is 33.2. The summed E-state index contributed by atoms with van der Waals surface area (Å²) in [7, 11) is 14.8. The van der Waals surface area contributed by atoms with Crippen LogP contribution in [0.1, 0.15) is 218 Å². The first-order chi connectivity index (χ1) is 43.9. The Bertz CT molecular complexity index is 3000. The van der Waals surface area contributed by atoms with Crippen LogP contribution in [-0.4, -0.2) is 45.6 Å². The molecule has 0 aromatic heterocycles. The molecular formula is C82H108AlCl3N2O5. The van der Waals surface area contributed by atoms with Gasteiger partial charge in [0.05, 0.1) is 11.4 Å². The Morgan fingerprint density at radius 2 is 0.430 bits per heavy atom. The van der Waals surface area contributed by atoms with Crippen LogP contribution in [-0.2, 0) is 40.9 Å². The molecule has 0 aliphatic heterocycles. The van der Waals surface area contributed by atoms with Crippen LogP contribution in [0.3, 0.4) is 0 Å². The molecule has 0 saturated carbocycles. The van der Waals surface area contributed by atoms with Gasteiger partial charge in [0.15, 0.2) is 0 Å². The van der Waals surface area contributed by atoms with E-state index in [1.165, 1.54) is 124 Å². The molecule has 11 heteroatoms. The van der Waals surface area contributed by atoms with Crippen molar-refractivity contribution in [2.24, 2.45) is 10.3 Å². The third kappa shape index (κ3) is 25.4. The number of benzene rings is 8. The van der Waals surface area contributed by atoms with Gasteiger partial charge in [0.25, 0.3) is 0 Å². The molecule has 8 aromatic rings. The molecule has 0 fully saturated rings. The van der Waals surface area contributed by atoms with Gasteiger partial charge in [-0.1, -0.05) is 315 Å². The second-order valence-electron chi connectivity index (χ2n) is 23.6. The van der Waals surface area contributed by atoms with Crippen molar-refractivity contribution in [2.45, 2.75) is 195 Å². The number of rotatable bonds is 1. The van der Waals surface area contributed by atoms with Gasteiger partial charge in [-0.3, -0.25) is 0 Å². The summed E-state index contributed by atoms with van der Waals surface area (Å²) >= 11 is -1.72. The van der Waals surface area contributed by atoms with Gasteiger partial charge in [-0.05, 0) is 144 Å². The Labute approximate surface area is 579 Å². The molecule has 4 aliphatic carbocycles. The first-order valence-corrected chi connectivity index (χ1v) is 37.7. The Kier molecular flexibility index (Phi) is 40.0. The van der Waals surface area contributed by atoms with Crippen LogP contribution in [0.2, 0.25) is 0 Å². The molecule has 0 unspecified atom stereocenters. The maximum Gasteiger partial charge on any atom is 0.643 e. The van der Waals surface area contributed by atoms with Crippen molar-refractivity contribution in [1.82, 2.24) is 0 Å². The van der Waals surface area contributed by atoms with Crippen LogP contribution in [0, 0.1) is 0 Å². The van der Waals surface area contributed by atoms with Crippen molar-refractivity contribution in [3.8, 4) is 44.5 Å². The second-order valence-corrected chi connectivity index (χ2v) is 30.0. The Hall–Kier alpha value is -6.89. The highest BCUT2D eigenvalue weighted by Gasteiger charge is 2.37. The first-order valence-electron chi connectivity index (χ1n) is 32.4. The van der Waals surface area contributed by atoms with Crippen molar-refractivity contribution in [3.63, 3.8) is 0 Å². The van der Waals surface area contributed by atoms with Gasteiger partial charge in [-0.25, -0.2) is 34.9 Å². The quantitative estimate of drug-likeness (QED) is 0.0579. The van der Waals surface area contributed by atoms with Gasteiger partial charge in [-0.15, -0.1) is 0 Å². The van der Waals surface area contributed by atoms with Crippen LogP contribution < -0.4 is 0 Å². The number of hydrogen-bond acceptors (Lipinski definition) is 7. The summed E-state index contributed by atoms with van der Waals surface area (Å²) < 4.78 is 0. The van der Waals surface area contributed by atoms with E-state index in [-0.39, 0.29) is 39.2 Å². The third-order valence-electron chi connectivity index (χ3n) is 14.5. The molecule has 7 nitrogen and oxygen atoms in total. The lowest BCUT2D eigenvalue weighted by atomic mass is 9.82. The molecule has 0 atom stereocenters. The topological polar surface area (TPSA) is 105 Å². The van der Waals surface area contributed by atoms with Gasteiger partial charge in [-0.2, -0.15) is 0 Å². The van der Waals surface area contributed by atoms with Crippen molar-refractivity contribution >= 4 is 70.5 Å². The van der Waals surface area contributed by atoms with Gasteiger partial charge in [0.1, 0.15) is 11.6 Å². The van der Waals surface area contributed by atoms with Crippen LogP contribution in [0.15, 0.2) is 204 Å². The molecule has 0 heterocycles. The van der Waals surface area contributed by atoms with Gasteiger partial charge in [0, 0.05) is 28.6 Å². The number of halogens is 3. The Morgan fingerprint density at radius 1 is 0.312 bits per heavy atom. The maximum atomic E-state index is 10.0. The van der Waals surface area contributed by atoms with Crippen LogP contribution in [0.25, 0.3) is 44.5 Å². The number of carbonyl (C=O) groups is 3. The van der Waals surface area contributed by atoms with Crippen molar-refractivity contribution in [1.29, 1.82) is 0 Å². The zero-order valence-corrected chi connectivity index (χ0v) is 64.1. The lowest BCUT2D eigenvalue weighted by Crippen LogP contribution is -2.14. The van der Waals surface area contributed by atoms with Gasteiger partial charge in [0.2, 0.25) is 0 Å². The fourth-order valence-electron chi connectivity index (χ4n) is 10.8. The fraction of sp³-hybridized carbons (Fsp3) is 0.354. The number of carbonyl (C=O) groups excluding carboxylic acids is 3. The summed E-state index contributed by atoms with van der Waals surface area (Å²) in [5.41, 5.74) is 24.9. The van der Waals surface area contributed by atoms with E-state index >= 15 is 0 Å². The summed E-state index contributed by atoms with van der Waals surface area (Å²) in [5.74, 6) is -0.0498. The van der Waals surface area contributed by atoms with E-state index in [2.05, 4.69) is 265 Å². The van der Waals surface area contributed by atoms with E-state index in [1.54, 1.807) is 27.7 Å². The molecule has 0 amide bonds. The van der Waals surface area contributed by atoms with E-state index < -0.39 is 11.4 Å². The van der Waals surface area contributed by atoms with E-state index in [0.29, 0.717) is 5.71 Å². The average Bonchev–Trinajstić information content (AvgIpc) is 1.63. The minimum absolute atomic E-state index is 0.160. The summed E-state index contributed by atoms with van der Waals surface area (Å²) in [5, 5.41) is 13.9. The number of nitrogens with zero attached hydrogens (tertiary/aromatic N) is 2. The molecule has 0 bridgehead atoms. The highest BCUT2D eigenvalue weighted by atomic mass is 35.8. The Morgan fingerprint density at radius 3 is 0.516 bits per heavy atom. The predicted molar refractivity (Wildman–Crippen MR) is 409 cm³/mol. The zero-order chi connectivity index (χ0) is 71.5. The highest BCUT2D eigenvalue weighted by Crippen LogP contribution is 2.51. The van der Waals surface area contributed by atoms with Gasteiger partial charge >= 0.3 is 17.4 Å². The molecular weight excluding hydrogens is 1230 g/mol. The van der Waals surface area contributed by atoms with Crippen LogP contribution in [0.5, 0.6) is 0 Å². The maximum absolute atomic E-state index is 10.0. The standard InChI is InChI=1S/4C15H14.C5H9NO2.C3H7NO.2C3H6O.4C2H6.Al.3ClH/c4*1-15(2)13-9-5-3-7-11(13)12-8-4-6-10-14(12)15;1-4(2)6-8-5(3)7;1-3(2)4-5;2*1-3(2)4;4*1-2;;;;/h4*3-10H,1-2H3;1-3H3;5H,1-2H3;2*1-2H3;4*1-2H3;;3*1H/q;;;;;;;;;;;;+3;;;/p-3. The number of fused-ring (bicyclic) bond motifs is 12. The predicted octanol–water partition coefficient (Wildman–Crippen LogP) is 24.8. The minimum Gasteiger partial charge on any atom is -0.411 e. The number of ketones is 2. The Balaban J connectivity index is 0.00000105. The molecule has 0 radical (unpaired) electrons. The molecule has 0 saturated heterocycles. The normalized spacial score (nSPS) is 12.4. The molecule has 500 valence electrons. The molecule has 8 aromatic carbocycles. The average molecular weight is 1340 g/mol. The van der Waals surface area contributed by atoms with Crippen molar-refractivity contribution < 1.29 is 24.4 Å². The molecule has 4 aliphatic rings. The van der Waals surface area contributed by atoms with Crippen LogP contribution in [0.4, 0.5) is 0 Å². The van der Waals surface area contributed by atoms with E-state index in [9.17, 15) is 14.4 Å². The number of Topliss-reactive ketones (excluding diaryl/α,β-unsaturated/α-hetero) is 2. The van der Waals surface area contributed by atoms with Gasteiger partial charge < -0.3 is 19.6 Å². The summed E-state index contributed by atoms with van der Waals surface area (Å²) in [6.45, 7) is 48.8. The van der Waals surface area contributed by atoms with E-state index in [1.807, 2.05) is 55.4 Å². The summed E-state index contributed by atoms with van der Waals surface area (Å²) in [6.07, 6.45) is 0.